The maximum Gasteiger partial charge on any atom is 0.247 e. The molecule has 3 aromatic rings. The minimum atomic E-state index is -0.454. The lowest BCUT2D eigenvalue weighted by molar-refractivity contribution is 0.355. The lowest BCUT2D eigenvalue weighted by atomic mass is 10.2. The van der Waals surface area contributed by atoms with Crippen LogP contribution in [0.25, 0.3) is 22.7 Å². The predicted molar refractivity (Wildman–Crippen MR) is 70.3 cm³/mol. The summed E-state index contributed by atoms with van der Waals surface area (Å²) in [4.78, 5) is 8.05. The van der Waals surface area contributed by atoms with Gasteiger partial charge in [-0.3, -0.25) is 0 Å². The second-order valence-electron chi connectivity index (χ2n) is 4.07. The molecule has 0 bridgehead atoms. The number of hydrogen-bond acceptors (Lipinski definition) is 5. The van der Waals surface area contributed by atoms with Gasteiger partial charge in [0.2, 0.25) is 11.6 Å². The Morgan fingerprint density at radius 2 is 1.90 bits per heavy atom. The van der Waals surface area contributed by atoms with E-state index in [0.717, 1.165) is 6.20 Å². The molecule has 0 N–H and O–H groups in total. The summed E-state index contributed by atoms with van der Waals surface area (Å²) in [7, 11) is 3.11. The van der Waals surface area contributed by atoms with E-state index in [0.29, 0.717) is 28.5 Å². The first-order chi connectivity index (χ1) is 9.71. The Morgan fingerprint density at radius 1 is 1.10 bits per heavy atom. The van der Waals surface area contributed by atoms with Crippen LogP contribution in [0.5, 0.6) is 11.5 Å². The lowest BCUT2D eigenvalue weighted by Crippen LogP contribution is -1.90. The van der Waals surface area contributed by atoms with E-state index in [9.17, 15) is 4.39 Å². The Morgan fingerprint density at radius 3 is 2.65 bits per heavy atom. The average molecular weight is 274 g/mol. The van der Waals surface area contributed by atoms with Crippen molar-refractivity contribution < 1.29 is 18.3 Å². The molecule has 1 aromatic carbocycles. The van der Waals surface area contributed by atoms with Gasteiger partial charge in [-0.2, -0.15) is 0 Å². The summed E-state index contributed by atoms with van der Waals surface area (Å²) in [6, 6.07) is 6.54. The van der Waals surface area contributed by atoms with Crippen molar-refractivity contribution in [3.63, 3.8) is 0 Å². The quantitative estimate of drug-likeness (QED) is 0.734. The number of methoxy groups -OCH3 is 2. The van der Waals surface area contributed by atoms with Gasteiger partial charge in [-0.15, -0.1) is 0 Å². The molecule has 2 aromatic heterocycles. The summed E-state index contributed by atoms with van der Waals surface area (Å²) < 4.78 is 29.0. The second kappa shape index (κ2) is 4.80. The Balaban J connectivity index is 2.10. The van der Waals surface area contributed by atoms with Crippen molar-refractivity contribution in [2.45, 2.75) is 0 Å². The number of aromatic nitrogens is 2. The van der Waals surface area contributed by atoms with E-state index >= 15 is 0 Å². The number of halogens is 1. The first-order valence-corrected chi connectivity index (χ1v) is 5.86. The Kier molecular flexibility index (Phi) is 2.98. The van der Waals surface area contributed by atoms with Gasteiger partial charge >= 0.3 is 0 Å². The largest absolute Gasteiger partial charge is 0.493 e. The predicted octanol–water partition coefficient (Wildman–Crippen LogP) is 3.05. The van der Waals surface area contributed by atoms with Crippen molar-refractivity contribution >= 4 is 11.2 Å². The van der Waals surface area contributed by atoms with Gasteiger partial charge in [0.25, 0.3) is 0 Å². The van der Waals surface area contributed by atoms with Crippen LogP contribution in [0.1, 0.15) is 0 Å². The number of pyridine rings is 1. The molecule has 0 saturated heterocycles. The number of benzene rings is 1. The fraction of sp³-hybridized carbons (Fsp3) is 0.143. The molecular weight excluding hydrogens is 263 g/mol. The van der Waals surface area contributed by atoms with E-state index in [1.165, 1.54) is 6.07 Å². The van der Waals surface area contributed by atoms with Crippen molar-refractivity contribution in [2.24, 2.45) is 0 Å². The molecule has 0 unspecified atom stereocenters. The zero-order valence-corrected chi connectivity index (χ0v) is 10.9. The number of oxazole rings is 1. The van der Waals surface area contributed by atoms with E-state index in [4.69, 9.17) is 13.9 Å². The van der Waals surface area contributed by atoms with Gasteiger partial charge in [0, 0.05) is 11.6 Å². The van der Waals surface area contributed by atoms with Gasteiger partial charge in [0.05, 0.1) is 20.4 Å². The van der Waals surface area contributed by atoms with Crippen molar-refractivity contribution in [1.29, 1.82) is 0 Å². The summed E-state index contributed by atoms with van der Waals surface area (Å²) in [5.74, 6) is 1.06. The summed E-state index contributed by atoms with van der Waals surface area (Å²) in [5, 5.41) is 0. The highest BCUT2D eigenvalue weighted by atomic mass is 19.1. The van der Waals surface area contributed by atoms with Crippen molar-refractivity contribution in [1.82, 2.24) is 9.97 Å². The molecule has 0 atom stereocenters. The van der Waals surface area contributed by atoms with Crippen LogP contribution in [0.3, 0.4) is 0 Å². The minimum absolute atomic E-state index is 0.288. The highest BCUT2D eigenvalue weighted by Gasteiger charge is 2.12. The number of fused-ring (bicyclic) bond motifs is 1. The number of ether oxygens (including phenoxy) is 2. The summed E-state index contributed by atoms with van der Waals surface area (Å²) in [6.07, 6.45) is 1.09. The van der Waals surface area contributed by atoms with Crippen LogP contribution in [-0.4, -0.2) is 24.2 Å². The zero-order chi connectivity index (χ0) is 14.1. The monoisotopic (exact) mass is 274 g/mol. The first-order valence-electron chi connectivity index (χ1n) is 5.86. The van der Waals surface area contributed by atoms with Crippen LogP contribution < -0.4 is 9.47 Å². The van der Waals surface area contributed by atoms with Crippen LogP contribution in [-0.2, 0) is 0 Å². The summed E-state index contributed by atoms with van der Waals surface area (Å²) >= 11 is 0. The number of nitrogens with zero attached hydrogens (tertiary/aromatic N) is 2. The van der Waals surface area contributed by atoms with Crippen LogP contribution in [0.4, 0.5) is 4.39 Å². The normalized spacial score (nSPS) is 10.8. The molecule has 0 spiro atoms. The molecule has 0 aliphatic heterocycles. The third-order valence-corrected chi connectivity index (χ3v) is 2.84. The maximum atomic E-state index is 13.1. The highest BCUT2D eigenvalue weighted by molar-refractivity contribution is 5.73. The first kappa shape index (κ1) is 12.4. The van der Waals surface area contributed by atoms with E-state index in [-0.39, 0.29) is 5.71 Å². The van der Waals surface area contributed by atoms with Gasteiger partial charge < -0.3 is 13.9 Å². The second-order valence-corrected chi connectivity index (χ2v) is 4.07. The van der Waals surface area contributed by atoms with E-state index in [1.54, 1.807) is 32.4 Å². The molecule has 20 heavy (non-hydrogen) atoms. The van der Waals surface area contributed by atoms with Crippen LogP contribution in [0.2, 0.25) is 0 Å². The smallest absolute Gasteiger partial charge is 0.247 e. The summed E-state index contributed by atoms with van der Waals surface area (Å²) in [6.45, 7) is 0. The molecule has 0 aliphatic rings. The Bertz CT molecular complexity index is 770. The van der Waals surface area contributed by atoms with Crippen LogP contribution >= 0.6 is 0 Å². The molecule has 6 heteroatoms. The van der Waals surface area contributed by atoms with E-state index in [2.05, 4.69) is 9.97 Å². The highest BCUT2D eigenvalue weighted by Crippen LogP contribution is 2.32. The van der Waals surface area contributed by atoms with Crippen LogP contribution in [0, 0.1) is 5.82 Å². The topological polar surface area (TPSA) is 57.4 Å². The molecule has 3 rings (SSSR count). The Hall–Kier alpha value is -2.63. The fourth-order valence-corrected chi connectivity index (χ4v) is 1.89. The molecule has 5 nitrogen and oxygen atoms in total. The minimum Gasteiger partial charge on any atom is -0.493 e. The van der Waals surface area contributed by atoms with E-state index < -0.39 is 5.82 Å². The fourth-order valence-electron chi connectivity index (χ4n) is 1.89. The molecule has 0 saturated carbocycles. The van der Waals surface area contributed by atoms with Gasteiger partial charge in [0.1, 0.15) is 11.3 Å². The van der Waals surface area contributed by atoms with Gasteiger partial charge in [-0.1, -0.05) is 0 Å². The van der Waals surface area contributed by atoms with Crippen molar-refractivity contribution in [3.05, 3.63) is 36.3 Å². The molecule has 0 radical (unpaired) electrons. The third-order valence-electron chi connectivity index (χ3n) is 2.84. The summed E-state index contributed by atoms with van der Waals surface area (Å²) in [5.41, 5.74) is 1.35. The third kappa shape index (κ3) is 2.05. The van der Waals surface area contributed by atoms with E-state index in [1.807, 2.05) is 0 Å². The molecule has 2 heterocycles. The number of rotatable bonds is 3. The zero-order valence-electron chi connectivity index (χ0n) is 10.9. The maximum absolute atomic E-state index is 13.1. The average Bonchev–Trinajstić information content (AvgIpc) is 2.89. The van der Waals surface area contributed by atoms with Gasteiger partial charge in [0.15, 0.2) is 11.5 Å². The molecule has 0 amide bonds. The Labute approximate surface area is 114 Å². The molecule has 0 fully saturated rings. The standard InChI is InChI=1S/C14H11FN2O3/c1-18-11-4-3-8(5-12(11)19-2)13-17-10-6-9(15)7-16-14(10)20-13/h3-7H,1-2H3. The van der Waals surface area contributed by atoms with Crippen molar-refractivity contribution in [3.8, 4) is 23.0 Å². The van der Waals surface area contributed by atoms with Crippen LogP contribution in [0.15, 0.2) is 34.9 Å². The van der Waals surface area contributed by atoms with Gasteiger partial charge in [-0.05, 0) is 18.2 Å². The SMILES string of the molecule is COc1ccc(-c2nc3cc(F)cnc3o2)cc1OC. The molecular formula is C14H11FN2O3. The molecule has 0 aliphatic carbocycles. The van der Waals surface area contributed by atoms with Crippen molar-refractivity contribution in [2.75, 3.05) is 14.2 Å². The van der Waals surface area contributed by atoms with Gasteiger partial charge in [-0.25, -0.2) is 14.4 Å². The lowest BCUT2D eigenvalue weighted by Gasteiger charge is -2.07. The molecule has 102 valence electrons. The number of hydrogen-bond donors (Lipinski definition) is 0.